The summed E-state index contributed by atoms with van der Waals surface area (Å²) in [6.45, 7) is 1.18. The van der Waals surface area contributed by atoms with E-state index in [1.165, 1.54) is 7.11 Å². The highest BCUT2D eigenvalue weighted by Crippen LogP contribution is 2.40. The van der Waals surface area contributed by atoms with E-state index >= 15 is 0 Å². The molecule has 1 aliphatic heterocycles. The summed E-state index contributed by atoms with van der Waals surface area (Å²) >= 11 is 6.77. The second-order valence-electron chi connectivity index (χ2n) is 8.79. The van der Waals surface area contributed by atoms with Crippen molar-refractivity contribution in [1.29, 1.82) is 0 Å². The van der Waals surface area contributed by atoms with E-state index in [0.29, 0.717) is 18.7 Å². The molecule has 3 aromatic rings. The second kappa shape index (κ2) is 12.6. The van der Waals surface area contributed by atoms with E-state index in [-0.39, 0.29) is 53.9 Å². The second-order valence-corrected chi connectivity index (χ2v) is 9.17. The van der Waals surface area contributed by atoms with E-state index in [2.05, 4.69) is 0 Å². The van der Waals surface area contributed by atoms with Gasteiger partial charge in [-0.2, -0.15) is 0 Å². The van der Waals surface area contributed by atoms with E-state index in [1.54, 1.807) is 31.3 Å². The lowest BCUT2D eigenvalue weighted by Gasteiger charge is -2.20. The molecule has 1 amide bonds. The fourth-order valence-electron chi connectivity index (χ4n) is 4.19. The highest BCUT2D eigenvalue weighted by atomic mass is 35.5. The Morgan fingerprint density at radius 3 is 1.97 bits per heavy atom. The third-order valence-corrected chi connectivity index (χ3v) is 6.77. The number of carbonyl (C=O) groups is 2. The van der Waals surface area contributed by atoms with Crippen LogP contribution in [-0.2, 0) is 22.7 Å². The van der Waals surface area contributed by atoms with Gasteiger partial charge in [-0.3, -0.25) is 9.59 Å². The lowest BCUT2D eigenvalue weighted by molar-refractivity contribution is -0.144. The highest BCUT2D eigenvalue weighted by Gasteiger charge is 2.33. The molecule has 1 aliphatic rings. The first-order chi connectivity index (χ1) is 18.4. The summed E-state index contributed by atoms with van der Waals surface area (Å²) in [6.07, 6.45) is 0.542. The average Bonchev–Trinajstić information content (AvgIpc) is 3.46. The summed E-state index contributed by atoms with van der Waals surface area (Å²) in [5.41, 5.74) is 2.09. The van der Waals surface area contributed by atoms with Crippen molar-refractivity contribution >= 4 is 23.5 Å². The molecule has 1 unspecified atom stereocenters. The minimum Gasteiger partial charge on any atom is -0.497 e. The van der Waals surface area contributed by atoms with Crippen LogP contribution in [-0.4, -0.2) is 51.2 Å². The quantitative estimate of drug-likeness (QED) is 0.329. The van der Waals surface area contributed by atoms with E-state index in [4.69, 9.17) is 35.3 Å². The van der Waals surface area contributed by atoms with Crippen molar-refractivity contribution in [3.05, 3.63) is 82.4 Å². The number of benzene rings is 3. The Hall–Kier alpha value is -3.91. The van der Waals surface area contributed by atoms with Gasteiger partial charge in [-0.25, -0.2) is 0 Å². The summed E-state index contributed by atoms with van der Waals surface area (Å²) in [7, 11) is 4.56. The lowest BCUT2D eigenvalue weighted by Crippen LogP contribution is -2.30. The van der Waals surface area contributed by atoms with Gasteiger partial charge in [0.05, 0.1) is 37.8 Å². The van der Waals surface area contributed by atoms with Crippen molar-refractivity contribution in [1.82, 2.24) is 4.90 Å². The normalized spacial score (nSPS) is 14.6. The monoisotopic (exact) mass is 539 g/mol. The number of amides is 1. The van der Waals surface area contributed by atoms with Crippen molar-refractivity contribution in [3.63, 3.8) is 0 Å². The summed E-state index contributed by atoms with van der Waals surface area (Å²) in [5.74, 6) is 1.21. The van der Waals surface area contributed by atoms with E-state index in [0.717, 1.165) is 22.6 Å². The maximum atomic E-state index is 13.3. The van der Waals surface area contributed by atoms with Crippen LogP contribution in [0.2, 0.25) is 5.02 Å². The molecule has 1 fully saturated rings. The highest BCUT2D eigenvalue weighted by molar-refractivity contribution is 6.35. The molecule has 0 N–H and O–H groups in total. The third kappa shape index (κ3) is 6.31. The molecule has 0 aromatic heterocycles. The van der Waals surface area contributed by atoms with Crippen LogP contribution in [0.15, 0.2) is 60.7 Å². The summed E-state index contributed by atoms with van der Waals surface area (Å²) in [4.78, 5) is 26.9. The Bertz CT molecular complexity index is 1260. The molecule has 1 heterocycles. The number of nitrogens with zero attached hydrogens (tertiary/aromatic N) is 1. The van der Waals surface area contributed by atoms with Crippen LogP contribution in [0.5, 0.6) is 23.0 Å². The van der Waals surface area contributed by atoms with Gasteiger partial charge in [0.2, 0.25) is 0 Å². The van der Waals surface area contributed by atoms with Gasteiger partial charge in [0, 0.05) is 13.1 Å². The molecular weight excluding hydrogens is 510 g/mol. The third-order valence-electron chi connectivity index (χ3n) is 6.40. The Morgan fingerprint density at radius 2 is 1.42 bits per heavy atom. The SMILES string of the molecule is COC(=O)C1CCN(C(=O)c2ccc(OCc3ccc(OC)cc3)c(OCc3ccc(OC)cc3)c2Cl)C1. The van der Waals surface area contributed by atoms with Crippen LogP contribution in [0, 0.1) is 5.92 Å². The van der Waals surface area contributed by atoms with E-state index in [1.807, 2.05) is 48.5 Å². The molecule has 9 heteroatoms. The number of ether oxygens (including phenoxy) is 5. The smallest absolute Gasteiger partial charge is 0.310 e. The molecule has 8 nitrogen and oxygen atoms in total. The van der Waals surface area contributed by atoms with Gasteiger partial charge < -0.3 is 28.6 Å². The van der Waals surface area contributed by atoms with Crippen molar-refractivity contribution in [2.45, 2.75) is 19.6 Å². The van der Waals surface area contributed by atoms with Crippen LogP contribution >= 0.6 is 11.6 Å². The summed E-state index contributed by atoms with van der Waals surface area (Å²) in [5, 5.41) is 0.150. The summed E-state index contributed by atoms with van der Waals surface area (Å²) < 4.78 is 27.5. The number of rotatable bonds is 10. The molecule has 0 radical (unpaired) electrons. The Kier molecular flexibility index (Phi) is 8.97. The minimum absolute atomic E-state index is 0.150. The van der Waals surface area contributed by atoms with Gasteiger partial charge in [-0.15, -0.1) is 0 Å². The summed E-state index contributed by atoms with van der Waals surface area (Å²) in [6, 6.07) is 18.3. The fraction of sp³-hybridized carbons (Fsp3) is 0.310. The predicted molar refractivity (Wildman–Crippen MR) is 142 cm³/mol. The topological polar surface area (TPSA) is 83.5 Å². The van der Waals surface area contributed by atoms with Crippen molar-refractivity contribution in [3.8, 4) is 23.0 Å². The van der Waals surface area contributed by atoms with Crippen LogP contribution in [0.1, 0.15) is 27.9 Å². The molecule has 0 spiro atoms. The van der Waals surface area contributed by atoms with Crippen LogP contribution in [0.25, 0.3) is 0 Å². The minimum atomic E-state index is -0.347. The molecule has 200 valence electrons. The fourth-order valence-corrected chi connectivity index (χ4v) is 4.48. The zero-order chi connectivity index (χ0) is 27.1. The molecule has 0 bridgehead atoms. The molecule has 3 aromatic carbocycles. The lowest BCUT2D eigenvalue weighted by atomic mass is 10.1. The van der Waals surface area contributed by atoms with Crippen molar-refractivity contribution in [2.24, 2.45) is 5.92 Å². The number of likely N-dealkylation sites (tertiary alicyclic amines) is 1. The van der Waals surface area contributed by atoms with Gasteiger partial charge in [0.15, 0.2) is 11.5 Å². The molecule has 1 saturated heterocycles. The number of methoxy groups -OCH3 is 3. The van der Waals surface area contributed by atoms with Crippen molar-refractivity contribution in [2.75, 3.05) is 34.4 Å². The zero-order valence-corrected chi connectivity index (χ0v) is 22.3. The number of hydrogen-bond acceptors (Lipinski definition) is 7. The largest absolute Gasteiger partial charge is 0.497 e. The van der Waals surface area contributed by atoms with Crippen LogP contribution in [0.3, 0.4) is 0 Å². The number of hydrogen-bond donors (Lipinski definition) is 0. The van der Waals surface area contributed by atoms with Gasteiger partial charge in [-0.05, 0) is 53.9 Å². The average molecular weight is 540 g/mol. The first kappa shape index (κ1) is 27.1. The van der Waals surface area contributed by atoms with Crippen LogP contribution < -0.4 is 18.9 Å². The number of esters is 1. The van der Waals surface area contributed by atoms with Gasteiger partial charge in [0.1, 0.15) is 24.7 Å². The maximum Gasteiger partial charge on any atom is 0.310 e. The first-order valence-electron chi connectivity index (χ1n) is 12.1. The van der Waals surface area contributed by atoms with E-state index < -0.39 is 0 Å². The van der Waals surface area contributed by atoms with Gasteiger partial charge in [-0.1, -0.05) is 35.9 Å². The molecule has 1 atom stereocenters. The number of halogens is 1. The Balaban J connectivity index is 1.56. The molecule has 0 aliphatic carbocycles. The van der Waals surface area contributed by atoms with Crippen molar-refractivity contribution < 1.29 is 33.3 Å². The molecule has 38 heavy (non-hydrogen) atoms. The van der Waals surface area contributed by atoms with Crippen LogP contribution in [0.4, 0.5) is 0 Å². The Labute approximate surface area is 227 Å². The van der Waals surface area contributed by atoms with Gasteiger partial charge in [0.25, 0.3) is 5.91 Å². The maximum absolute atomic E-state index is 13.3. The van der Waals surface area contributed by atoms with E-state index in [9.17, 15) is 9.59 Å². The zero-order valence-electron chi connectivity index (χ0n) is 21.6. The molecule has 4 rings (SSSR count). The standard InChI is InChI=1S/C29H30ClNO7/c1-34-22-8-4-19(5-9-22)17-37-25-13-12-24(28(32)31-15-14-21(16-31)29(33)36-3)26(30)27(25)38-18-20-6-10-23(35-2)11-7-20/h4-13,21H,14-18H2,1-3H3. The Morgan fingerprint density at radius 1 is 0.842 bits per heavy atom. The van der Waals surface area contributed by atoms with Gasteiger partial charge >= 0.3 is 5.97 Å². The first-order valence-corrected chi connectivity index (χ1v) is 12.5. The predicted octanol–water partition coefficient (Wildman–Crippen LogP) is 5.15. The number of carbonyl (C=O) groups excluding carboxylic acids is 2. The molecule has 0 saturated carbocycles. The molecular formula is C29H30ClNO7.